The van der Waals surface area contributed by atoms with E-state index in [-0.39, 0.29) is 48.8 Å². The molecule has 0 spiro atoms. The molecule has 6 nitrogen and oxygen atoms in total. The molecule has 5 atom stereocenters. The van der Waals surface area contributed by atoms with Crippen LogP contribution < -0.4 is 0 Å². The summed E-state index contributed by atoms with van der Waals surface area (Å²) in [7, 11) is 1.65. The minimum atomic E-state index is -0.526. The van der Waals surface area contributed by atoms with Crippen LogP contribution in [-0.4, -0.2) is 68.8 Å². The Morgan fingerprint density at radius 2 is 1.20 bits per heavy atom. The molecule has 1 aliphatic heterocycles. The molecule has 0 radical (unpaired) electrons. The van der Waals surface area contributed by atoms with Crippen molar-refractivity contribution in [3.05, 3.63) is 0 Å². The van der Waals surface area contributed by atoms with Gasteiger partial charge in [-0.05, 0) is 55.4 Å². The summed E-state index contributed by atoms with van der Waals surface area (Å²) in [5.74, 6) is 0. The molecular weight excluding hydrogens is 324 g/mol. The lowest BCUT2D eigenvalue weighted by Gasteiger charge is -2.47. The minimum Gasteiger partial charge on any atom is -0.376 e. The van der Waals surface area contributed by atoms with Gasteiger partial charge in [0.05, 0.1) is 31.0 Å². The summed E-state index contributed by atoms with van der Waals surface area (Å²) < 4.78 is 36.0. The average molecular weight is 363 g/mol. The molecule has 1 heterocycles. The largest absolute Gasteiger partial charge is 0.376 e. The van der Waals surface area contributed by atoms with Crippen LogP contribution in [0.5, 0.6) is 0 Å². The Labute approximate surface area is 153 Å². The maximum atomic E-state index is 6.20. The van der Waals surface area contributed by atoms with Crippen molar-refractivity contribution in [1.29, 1.82) is 0 Å². The molecule has 1 aliphatic rings. The third-order valence-corrected chi connectivity index (χ3v) is 3.72. The van der Waals surface area contributed by atoms with Crippen molar-refractivity contribution in [3.8, 4) is 0 Å². The van der Waals surface area contributed by atoms with Crippen molar-refractivity contribution in [2.75, 3.05) is 13.7 Å². The van der Waals surface area contributed by atoms with Crippen LogP contribution in [0.2, 0.25) is 0 Å². The standard InChI is InChI=1S/C19H38O6/c1-11(2)21-10-15-16(22-12(3)4)17(23-13(5)6)18(20-9)19(25-15)24-14(7)8/h11-19H,10H2,1-9H3/t15?,16-,17+,18?,19?/m1/s1. The normalized spacial score (nSPS) is 30.8. The summed E-state index contributed by atoms with van der Waals surface area (Å²) in [6.45, 7) is 16.4. The van der Waals surface area contributed by atoms with Crippen molar-refractivity contribution in [2.24, 2.45) is 0 Å². The molecule has 25 heavy (non-hydrogen) atoms. The van der Waals surface area contributed by atoms with E-state index >= 15 is 0 Å². The van der Waals surface area contributed by atoms with Crippen LogP contribution in [0.1, 0.15) is 55.4 Å². The molecule has 3 unspecified atom stereocenters. The van der Waals surface area contributed by atoms with E-state index in [9.17, 15) is 0 Å². The van der Waals surface area contributed by atoms with Gasteiger partial charge in [0.25, 0.3) is 0 Å². The Kier molecular flexibility index (Phi) is 9.85. The molecule has 0 amide bonds. The van der Waals surface area contributed by atoms with E-state index in [1.54, 1.807) is 7.11 Å². The van der Waals surface area contributed by atoms with Gasteiger partial charge in [-0.3, -0.25) is 0 Å². The SMILES string of the molecule is COC1C(OC(C)C)OC(COC(C)C)[C@@H](OC(C)C)[C@@H]1OC(C)C. The predicted molar refractivity (Wildman–Crippen MR) is 96.8 cm³/mol. The van der Waals surface area contributed by atoms with E-state index in [2.05, 4.69) is 0 Å². The fourth-order valence-corrected chi connectivity index (χ4v) is 2.87. The highest BCUT2D eigenvalue weighted by atomic mass is 16.7. The maximum absolute atomic E-state index is 6.20. The zero-order chi connectivity index (χ0) is 19.1. The summed E-state index contributed by atoms with van der Waals surface area (Å²) in [6.07, 6.45) is -1.59. The summed E-state index contributed by atoms with van der Waals surface area (Å²) in [6, 6.07) is 0. The van der Waals surface area contributed by atoms with Crippen LogP contribution >= 0.6 is 0 Å². The van der Waals surface area contributed by atoms with Crippen molar-refractivity contribution in [3.63, 3.8) is 0 Å². The Morgan fingerprint density at radius 3 is 1.64 bits per heavy atom. The second-order valence-electron chi connectivity index (χ2n) is 7.61. The van der Waals surface area contributed by atoms with Crippen LogP contribution in [0.15, 0.2) is 0 Å². The zero-order valence-electron chi connectivity index (χ0n) is 17.4. The summed E-state index contributed by atoms with van der Waals surface area (Å²) in [5, 5.41) is 0. The molecule has 0 N–H and O–H groups in total. The van der Waals surface area contributed by atoms with E-state index in [0.717, 1.165) is 0 Å². The molecule has 0 saturated carbocycles. The second-order valence-corrected chi connectivity index (χ2v) is 7.61. The van der Waals surface area contributed by atoms with Gasteiger partial charge >= 0.3 is 0 Å². The third-order valence-electron chi connectivity index (χ3n) is 3.72. The quantitative estimate of drug-likeness (QED) is 0.595. The summed E-state index contributed by atoms with van der Waals surface area (Å²) >= 11 is 0. The van der Waals surface area contributed by atoms with Crippen molar-refractivity contribution in [2.45, 2.75) is 111 Å². The third kappa shape index (κ3) is 7.49. The van der Waals surface area contributed by atoms with Gasteiger partial charge in [-0.25, -0.2) is 0 Å². The van der Waals surface area contributed by atoms with Gasteiger partial charge in [-0.1, -0.05) is 0 Å². The topological polar surface area (TPSA) is 55.4 Å². The van der Waals surface area contributed by atoms with Crippen LogP contribution in [0.3, 0.4) is 0 Å². The number of hydrogen-bond acceptors (Lipinski definition) is 6. The highest BCUT2D eigenvalue weighted by molar-refractivity contribution is 4.93. The molecule has 150 valence electrons. The molecule has 1 rings (SSSR count). The predicted octanol–water partition coefficient (Wildman–Crippen LogP) is 3.16. The molecule has 0 aromatic heterocycles. The van der Waals surface area contributed by atoms with Gasteiger partial charge in [0.15, 0.2) is 6.29 Å². The number of hydrogen-bond donors (Lipinski definition) is 0. The molecule has 0 aromatic carbocycles. The second kappa shape index (κ2) is 10.8. The highest BCUT2D eigenvalue weighted by Crippen LogP contribution is 2.31. The van der Waals surface area contributed by atoms with Crippen LogP contribution in [0.25, 0.3) is 0 Å². The van der Waals surface area contributed by atoms with Gasteiger partial charge in [0.1, 0.15) is 24.4 Å². The van der Waals surface area contributed by atoms with Crippen LogP contribution in [0, 0.1) is 0 Å². The molecule has 0 bridgehead atoms. The first-order valence-electron chi connectivity index (χ1n) is 9.41. The highest BCUT2D eigenvalue weighted by Gasteiger charge is 2.49. The van der Waals surface area contributed by atoms with Crippen LogP contribution in [0.4, 0.5) is 0 Å². The van der Waals surface area contributed by atoms with Gasteiger partial charge in [0, 0.05) is 7.11 Å². The van der Waals surface area contributed by atoms with Crippen molar-refractivity contribution < 1.29 is 28.4 Å². The Morgan fingerprint density at radius 1 is 0.680 bits per heavy atom. The van der Waals surface area contributed by atoms with Gasteiger partial charge in [0.2, 0.25) is 0 Å². The Balaban J connectivity index is 3.08. The Hall–Kier alpha value is -0.240. The lowest BCUT2D eigenvalue weighted by molar-refractivity contribution is -0.333. The first-order valence-corrected chi connectivity index (χ1v) is 9.41. The van der Waals surface area contributed by atoms with Gasteiger partial charge in [-0.15, -0.1) is 0 Å². The first kappa shape index (κ1) is 22.8. The summed E-state index contributed by atoms with van der Waals surface area (Å²) in [5.41, 5.74) is 0. The monoisotopic (exact) mass is 362 g/mol. The van der Waals surface area contributed by atoms with E-state index in [1.165, 1.54) is 0 Å². The van der Waals surface area contributed by atoms with E-state index in [4.69, 9.17) is 28.4 Å². The Bertz CT molecular complexity index is 358. The fourth-order valence-electron chi connectivity index (χ4n) is 2.87. The van der Waals surface area contributed by atoms with Gasteiger partial charge < -0.3 is 28.4 Å². The molecule has 1 saturated heterocycles. The number of rotatable bonds is 10. The summed E-state index contributed by atoms with van der Waals surface area (Å²) in [4.78, 5) is 0. The molecular formula is C19H38O6. The molecule has 6 heteroatoms. The first-order chi connectivity index (χ1) is 11.6. The van der Waals surface area contributed by atoms with E-state index < -0.39 is 6.29 Å². The molecule has 0 aromatic rings. The van der Waals surface area contributed by atoms with E-state index in [1.807, 2.05) is 55.4 Å². The van der Waals surface area contributed by atoms with Crippen molar-refractivity contribution in [1.82, 2.24) is 0 Å². The molecule has 0 aliphatic carbocycles. The fraction of sp³-hybridized carbons (Fsp3) is 1.00. The zero-order valence-corrected chi connectivity index (χ0v) is 17.4. The minimum absolute atomic E-state index is 0.0107. The lowest BCUT2D eigenvalue weighted by atomic mass is 9.97. The number of ether oxygens (including phenoxy) is 6. The van der Waals surface area contributed by atoms with E-state index in [0.29, 0.717) is 6.61 Å². The van der Waals surface area contributed by atoms with Crippen LogP contribution in [-0.2, 0) is 28.4 Å². The smallest absolute Gasteiger partial charge is 0.187 e. The van der Waals surface area contributed by atoms with Crippen molar-refractivity contribution >= 4 is 0 Å². The van der Waals surface area contributed by atoms with Gasteiger partial charge in [-0.2, -0.15) is 0 Å². The molecule has 1 fully saturated rings. The average Bonchev–Trinajstić information content (AvgIpc) is 2.46. The number of methoxy groups -OCH3 is 1. The lowest BCUT2D eigenvalue weighted by Crippen LogP contribution is -2.63. The maximum Gasteiger partial charge on any atom is 0.187 e.